The van der Waals surface area contributed by atoms with E-state index in [2.05, 4.69) is 4.74 Å². The molecule has 0 radical (unpaired) electrons. The lowest BCUT2D eigenvalue weighted by molar-refractivity contribution is 0.293. The lowest BCUT2D eigenvalue weighted by Gasteiger charge is -2.43. The fraction of sp³-hybridized carbons (Fsp3) is 0.714. The summed E-state index contributed by atoms with van der Waals surface area (Å²) >= 11 is 0. The normalized spacial score (nSPS) is 25.8. The molecule has 1 aliphatic heterocycles. The van der Waals surface area contributed by atoms with E-state index in [4.69, 9.17) is 0 Å². The third-order valence-corrected chi connectivity index (χ3v) is 6.35. The summed E-state index contributed by atoms with van der Waals surface area (Å²) in [5.41, 5.74) is -0.455. The monoisotopic (exact) mass is 303 g/mol. The second kappa shape index (κ2) is 5.87. The fourth-order valence-electron chi connectivity index (χ4n) is 2.07. The molecule has 2 aliphatic rings. The van der Waals surface area contributed by atoms with Crippen LogP contribution in [-0.4, -0.2) is 49.9 Å². The van der Waals surface area contributed by atoms with Gasteiger partial charge in [-0.05, 0) is 24.0 Å². The van der Waals surface area contributed by atoms with E-state index in [1.54, 1.807) is 12.2 Å². The summed E-state index contributed by atoms with van der Waals surface area (Å²) in [5.74, 6) is 0.124. The maximum atomic E-state index is 12.5. The van der Waals surface area contributed by atoms with Crippen LogP contribution in [0.4, 0.5) is 0 Å². The first-order valence-corrected chi connectivity index (χ1v) is 8.07. The van der Waals surface area contributed by atoms with Crippen LogP contribution >= 0.6 is 0 Å². The molecule has 1 heterocycles. The van der Waals surface area contributed by atoms with Crippen molar-refractivity contribution in [1.29, 1.82) is 0 Å². The molecular formula is C14H25NO4S. The summed E-state index contributed by atoms with van der Waals surface area (Å²) < 4.78 is 29.8. The molecule has 116 valence electrons. The first kappa shape index (κ1) is 17.2. The third kappa shape index (κ3) is 3.42. The topological polar surface area (TPSA) is 70.1 Å². The van der Waals surface area contributed by atoms with E-state index in [1.165, 1.54) is 24.5 Å². The number of allylic oxidation sites excluding steroid dienone is 2. The van der Waals surface area contributed by atoms with Crippen LogP contribution in [0.1, 0.15) is 27.2 Å². The van der Waals surface area contributed by atoms with E-state index < -0.39 is 20.2 Å². The summed E-state index contributed by atoms with van der Waals surface area (Å²) in [5, 5.41) is 9.38. The second-order valence-corrected chi connectivity index (χ2v) is 8.61. The summed E-state index contributed by atoms with van der Waals surface area (Å²) in [4.78, 5) is 0. The second-order valence-electron chi connectivity index (χ2n) is 6.21. The van der Waals surface area contributed by atoms with Gasteiger partial charge in [0.2, 0.25) is 10.0 Å². The highest BCUT2D eigenvalue weighted by molar-refractivity contribution is 7.90. The highest BCUT2D eigenvalue weighted by Crippen LogP contribution is 2.44. The van der Waals surface area contributed by atoms with Crippen LogP contribution in [0.25, 0.3) is 0 Å². The van der Waals surface area contributed by atoms with Crippen molar-refractivity contribution in [2.45, 2.75) is 31.9 Å². The van der Waals surface area contributed by atoms with Crippen molar-refractivity contribution in [3.63, 3.8) is 0 Å². The van der Waals surface area contributed by atoms with Crippen LogP contribution in [0.3, 0.4) is 0 Å². The molecule has 0 saturated carbocycles. The molecule has 1 unspecified atom stereocenters. The minimum atomic E-state index is -3.45. The molecule has 5 nitrogen and oxygen atoms in total. The predicted octanol–water partition coefficient (Wildman–Crippen LogP) is 2.08. The van der Waals surface area contributed by atoms with Crippen LogP contribution < -0.4 is 0 Å². The van der Waals surface area contributed by atoms with Gasteiger partial charge in [0, 0.05) is 14.1 Å². The van der Waals surface area contributed by atoms with Crippen molar-refractivity contribution < 1.29 is 18.3 Å². The largest absolute Gasteiger partial charge is 0.508 e. The van der Waals surface area contributed by atoms with Crippen molar-refractivity contribution in [2.75, 3.05) is 27.3 Å². The maximum absolute atomic E-state index is 12.5. The molecule has 1 N–H and O–H groups in total. The Morgan fingerprint density at radius 3 is 2.05 bits per heavy atom. The molecule has 0 aromatic carbocycles. The van der Waals surface area contributed by atoms with Crippen LogP contribution in [0.2, 0.25) is 0 Å². The van der Waals surface area contributed by atoms with Gasteiger partial charge in [-0.2, -0.15) is 0 Å². The van der Waals surface area contributed by atoms with E-state index in [9.17, 15) is 13.5 Å². The van der Waals surface area contributed by atoms with E-state index in [1.807, 2.05) is 20.8 Å². The van der Waals surface area contributed by atoms with Gasteiger partial charge in [0.05, 0.1) is 13.2 Å². The van der Waals surface area contributed by atoms with Crippen molar-refractivity contribution in [1.82, 2.24) is 4.31 Å². The predicted molar refractivity (Wildman–Crippen MR) is 80.1 cm³/mol. The number of aliphatic hydroxyl groups is 1. The van der Waals surface area contributed by atoms with Gasteiger partial charge in [-0.25, -0.2) is 12.7 Å². The van der Waals surface area contributed by atoms with Gasteiger partial charge >= 0.3 is 0 Å². The van der Waals surface area contributed by atoms with Crippen LogP contribution in [0.5, 0.6) is 0 Å². The number of epoxide rings is 1. The highest BCUT2D eigenvalue weighted by Gasteiger charge is 2.52. The molecule has 1 fully saturated rings. The molecular weight excluding hydrogens is 278 g/mol. The Bertz CT molecular complexity index is 495. The number of rotatable bonds is 2. The van der Waals surface area contributed by atoms with Crippen molar-refractivity contribution in [3.05, 3.63) is 24.0 Å². The van der Waals surface area contributed by atoms with Gasteiger partial charge in [0.1, 0.15) is 10.5 Å². The number of aliphatic hydroxyl groups excluding tert-OH is 1. The van der Waals surface area contributed by atoms with E-state index in [0.717, 1.165) is 13.2 Å². The van der Waals surface area contributed by atoms with E-state index in [0.29, 0.717) is 6.42 Å². The van der Waals surface area contributed by atoms with Crippen molar-refractivity contribution in [3.8, 4) is 0 Å². The molecule has 1 aliphatic carbocycles. The van der Waals surface area contributed by atoms with Gasteiger partial charge in [0.25, 0.3) is 0 Å². The maximum Gasteiger partial charge on any atom is 0.223 e. The lowest BCUT2D eigenvalue weighted by atomic mass is 9.76. The SMILES string of the molecule is C1CO1.CN(C)S(=O)(=O)C1(C(C)(C)C)C=CC(O)=CC1. The Kier molecular flexibility index (Phi) is 5.05. The van der Waals surface area contributed by atoms with Gasteiger partial charge in [-0.3, -0.25) is 0 Å². The Morgan fingerprint density at radius 2 is 1.80 bits per heavy atom. The first-order chi connectivity index (χ1) is 9.04. The third-order valence-electron chi connectivity index (χ3n) is 3.55. The average molecular weight is 303 g/mol. The molecule has 20 heavy (non-hydrogen) atoms. The van der Waals surface area contributed by atoms with Gasteiger partial charge in [0.15, 0.2) is 0 Å². The molecule has 1 atom stereocenters. The molecule has 1 saturated heterocycles. The summed E-state index contributed by atoms with van der Waals surface area (Å²) in [7, 11) is -0.379. The highest BCUT2D eigenvalue weighted by atomic mass is 32.2. The number of ether oxygens (including phenoxy) is 1. The Balaban J connectivity index is 0.000000584. The lowest BCUT2D eigenvalue weighted by Crippen LogP contribution is -2.53. The molecule has 6 heteroatoms. The van der Waals surface area contributed by atoms with Crippen LogP contribution in [0.15, 0.2) is 24.0 Å². The molecule has 0 aromatic heterocycles. The number of hydrogen-bond acceptors (Lipinski definition) is 4. The standard InChI is InChI=1S/C12H21NO3S.C2H4O/c1-11(2,3)12(17(15,16)13(4)5)8-6-10(14)7-9-12;1-2-3-1/h6-8,14H,9H2,1-5H3;1-2H2. The van der Waals surface area contributed by atoms with E-state index in [-0.39, 0.29) is 5.76 Å². The molecule has 2 rings (SSSR count). The Labute approximate surface area is 122 Å². The zero-order chi connectivity index (χ0) is 15.6. The first-order valence-electron chi connectivity index (χ1n) is 6.63. The minimum Gasteiger partial charge on any atom is -0.508 e. The summed E-state index contributed by atoms with van der Waals surface area (Å²) in [6.07, 6.45) is 4.93. The zero-order valence-corrected chi connectivity index (χ0v) is 13.7. The molecule has 0 spiro atoms. The minimum absolute atomic E-state index is 0.124. The smallest absolute Gasteiger partial charge is 0.223 e. The van der Waals surface area contributed by atoms with Gasteiger partial charge in [-0.15, -0.1) is 0 Å². The number of sulfonamides is 1. The Hall–Kier alpha value is -0.850. The van der Waals surface area contributed by atoms with Crippen LogP contribution in [-0.2, 0) is 14.8 Å². The Morgan fingerprint density at radius 1 is 1.30 bits per heavy atom. The van der Waals surface area contributed by atoms with Gasteiger partial charge in [-0.1, -0.05) is 26.8 Å². The summed E-state index contributed by atoms with van der Waals surface area (Å²) in [6, 6.07) is 0. The average Bonchev–Trinajstić information content (AvgIpc) is 3.15. The quantitative estimate of drug-likeness (QED) is 0.793. The molecule has 0 amide bonds. The van der Waals surface area contributed by atoms with Crippen LogP contribution in [0, 0.1) is 5.41 Å². The molecule has 0 aromatic rings. The number of nitrogens with zero attached hydrogens (tertiary/aromatic N) is 1. The fourth-order valence-corrected chi connectivity index (χ4v) is 4.03. The number of hydrogen-bond donors (Lipinski definition) is 1. The van der Waals surface area contributed by atoms with Crippen molar-refractivity contribution >= 4 is 10.0 Å². The van der Waals surface area contributed by atoms with E-state index >= 15 is 0 Å². The van der Waals surface area contributed by atoms with Gasteiger partial charge < -0.3 is 9.84 Å². The molecule has 0 bridgehead atoms. The van der Waals surface area contributed by atoms with Crippen molar-refractivity contribution in [2.24, 2.45) is 5.41 Å². The summed E-state index contributed by atoms with van der Waals surface area (Å²) in [6.45, 7) is 7.69. The zero-order valence-electron chi connectivity index (χ0n) is 12.9.